The second-order valence-electron chi connectivity index (χ2n) is 7.11. The molecule has 0 amide bonds. The van der Waals surface area contributed by atoms with Crippen molar-refractivity contribution in [3.8, 4) is 34.3 Å². The Bertz CT molecular complexity index is 1140. The Balaban J connectivity index is 1.71. The SMILES string of the molecule is O=c1cc(-c2ccc(O)c(O)c2)oc2cc(O[C@H]3C[C@@H](O)C[C@@H](CO)O3)cc(O)c12. The molecule has 0 aliphatic carbocycles. The molecule has 3 aromatic rings. The first-order valence-electron chi connectivity index (χ1n) is 9.28. The zero-order valence-electron chi connectivity index (χ0n) is 15.7. The Hall–Kier alpha value is -3.27. The van der Waals surface area contributed by atoms with Crippen molar-refractivity contribution in [1.82, 2.24) is 0 Å². The molecule has 1 saturated heterocycles. The summed E-state index contributed by atoms with van der Waals surface area (Å²) in [5.41, 5.74) is -0.123. The molecule has 9 heteroatoms. The van der Waals surface area contributed by atoms with E-state index in [1.165, 1.54) is 36.4 Å². The molecule has 158 valence electrons. The average Bonchev–Trinajstić information content (AvgIpc) is 2.68. The first-order chi connectivity index (χ1) is 14.3. The summed E-state index contributed by atoms with van der Waals surface area (Å²) in [6.07, 6.45) is -1.67. The van der Waals surface area contributed by atoms with E-state index in [2.05, 4.69) is 0 Å². The highest BCUT2D eigenvalue weighted by Crippen LogP contribution is 2.35. The third-order valence-corrected chi connectivity index (χ3v) is 4.86. The minimum Gasteiger partial charge on any atom is -0.507 e. The number of phenols is 3. The third kappa shape index (κ3) is 3.90. The van der Waals surface area contributed by atoms with Crippen LogP contribution in [0.1, 0.15) is 12.8 Å². The Labute approximate surface area is 170 Å². The van der Waals surface area contributed by atoms with E-state index in [4.69, 9.17) is 13.9 Å². The van der Waals surface area contributed by atoms with Crippen molar-refractivity contribution in [2.75, 3.05) is 6.61 Å². The number of aromatic hydroxyl groups is 3. The first-order valence-corrected chi connectivity index (χ1v) is 9.28. The number of aliphatic hydroxyl groups excluding tert-OH is 2. The van der Waals surface area contributed by atoms with Crippen LogP contribution >= 0.6 is 0 Å². The second kappa shape index (κ2) is 7.86. The number of rotatable bonds is 4. The van der Waals surface area contributed by atoms with E-state index in [-0.39, 0.29) is 59.2 Å². The second-order valence-corrected chi connectivity index (χ2v) is 7.11. The molecule has 1 aromatic heterocycles. The van der Waals surface area contributed by atoms with Crippen molar-refractivity contribution < 1.29 is 39.4 Å². The molecule has 1 aliphatic heterocycles. The van der Waals surface area contributed by atoms with Crippen molar-refractivity contribution in [2.45, 2.75) is 31.3 Å². The van der Waals surface area contributed by atoms with Crippen molar-refractivity contribution in [3.63, 3.8) is 0 Å². The largest absolute Gasteiger partial charge is 0.507 e. The van der Waals surface area contributed by atoms with Crippen LogP contribution in [0.4, 0.5) is 0 Å². The molecular formula is C21H20O9. The maximum atomic E-state index is 12.5. The van der Waals surface area contributed by atoms with E-state index in [9.17, 15) is 30.3 Å². The van der Waals surface area contributed by atoms with Gasteiger partial charge in [-0.25, -0.2) is 0 Å². The summed E-state index contributed by atoms with van der Waals surface area (Å²) in [5, 5.41) is 48.6. The van der Waals surface area contributed by atoms with Gasteiger partial charge in [-0.2, -0.15) is 0 Å². The summed E-state index contributed by atoms with van der Waals surface area (Å²) < 4.78 is 17.0. The van der Waals surface area contributed by atoms with E-state index >= 15 is 0 Å². The lowest BCUT2D eigenvalue weighted by Gasteiger charge is -2.32. The summed E-state index contributed by atoms with van der Waals surface area (Å²) in [4.78, 5) is 12.5. The monoisotopic (exact) mass is 416 g/mol. The van der Waals surface area contributed by atoms with Crippen LogP contribution in [0.25, 0.3) is 22.3 Å². The van der Waals surface area contributed by atoms with Crippen LogP contribution in [-0.4, -0.2) is 50.6 Å². The molecular weight excluding hydrogens is 396 g/mol. The summed E-state index contributed by atoms with van der Waals surface area (Å²) in [6, 6.07) is 7.77. The Kier molecular flexibility index (Phi) is 5.25. The molecule has 3 atom stereocenters. The van der Waals surface area contributed by atoms with E-state index in [1.54, 1.807) is 0 Å². The van der Waals surface area contributed by atoms with Gasteiger partial charge in [0.05, 0.1) is 18.8 Å². The predicted octanol–water partition coefficient (Wildman–Crippen LogP) is 1.81. The average molecular weight is 416 g/mol. The third-order valence-electron chi connectivity index (χ3n) is 4.86. The van der Waals surface area contributed by atoms with E-state index < -0.39 is 23.9 Å². The van der Waals surface area contributed by atoms with E-state index in [0.29, 0.717) is 5.56 Å². The summed E-state index contributed by atoms with van der Waals surface area (Å²) in [6.45, 7) is -0.266. The quantitative estimate of drug-likeness (QED) is 0.401. The van der Waals surface area contributed by atoms with Crippen molar-refractivity contribution in [2.24, 2.45) is 0 Å². The molecule has 4 rings (SSSR count). The predicted molar refractivity (Wildman–Crippen MR) is 105 cm³/mol. The van der Waals surface area contributed by atoms with Gasteiger partial charge in [0.1, 0.15) is 28.2 Å². The molecule has 2 heterocycles. The maximum Gasteiger partial charge on any atom is 0.202 e. The maximum absolute atomic E-state index is 12.5. The number of phenolic OH excluding ortho intramolecular Hbond substituents is 3. The van der Waals surface area contributed by atoms with Gasteiger partial charge in [-0.1, -0.05) is 0 Å². The number of hydrogen-bond donors (Lipinski definition) is 5. The fourth-order valence-electron chi connectivity index (χ4n) is 3.42. The van der Waals surface area contributed by atoms with Gasteiger partial charge in [-0.3, -0.25) is 4.79 Å². The summed E-state index contributed by atoms with van der Waals surface area (Å²) in [5.74, 6) is -0.784. The van der Waals surface area contributed by atoms with Gasteiger partial charge in [0.15, 0.2) is 16.9 Å². The number of aliphatic hydroxyl groups is 2. The van der Waals surface area contributed by atoms with Crippen LogP contribution < -0.4 is 10.2 Å². The molecule has 1 aliphatic rings. The highest BCUT2D eigenvalue weighted by molar-refractivity contribution is 5.86. The lowest BCUT2D eigenvalue weighted by molar-refractivity contribution is -0.184. The van der Waals surface area contributed by atoms with Gasteiger partial charge < -0.3 is 39.4 Å². The number of ether oxygens (including phenoxy) is 2. The van der Waals surface area contributed by atoms with Crippen LogP contribution in [0, 0.1) is 0 Å². The van der Waals surface area contributed by atoms with Crippen LogP contribution in [0.5, 0.6) is 23.0 Å². The van der Waals surface area contributed by atoms with Crippen molar-refractivity contribution in [1.29, 1.82) is 0 Å². The normalized spacial score (nSPS) is 21.6. The fourth-order valence-corrected chi connectivity index (χ4v) is 3.42. The molecule has 5 N–H and O–H groups in total. The first kappa shape index (κ1) is 20.0. The van der Waals surface area contributed by atoms with Crippen LogP contribution in [0.2, 0.25) is 0 Å². The molecule has 0 bridgehead atoms. The number of hydrogen-bond acceptors (Lipinski definition) is 9. The minimum atomic E-state index is -0.855. The lowest BCUT2D eigenvalue weighted by Crippen LogP contribution is -2.40. The lowest BCUT2D eigenvalue weighted by atomic mass is 10.1. The highest BCUT2D eigenvalue weighted by atomic mass is 16.7. The Morgan fingerprint density at radius 2 is 1.80 bits per heavy atom. The van der Waals surface area contributed by atoms with Crippen LogP contribution in [0.3, 0.4) is 0 Å². The van der Waals surface area contributed by atoms with Gasteiger partial charge in [-0.05, 0) is 18.2 Å². The Morgan fingerprint density at radius 3 is 2.53 bits per heavy atom. The smallest absolute Gasteiger partial charge is 0.202 e. The van der Waals surface area contributed by atoms with Crippen molar-refractivity contribution in [3.05, 3.63) is 46.6 Å². The zero-order chi connectivity index (χ0) is 21.4. The molecule has 0 spiro atoms. The minimum absolute atomic E-state index is 0.0372. The molecule has 2 aromatic carbocycles. The van der Waals surface area contributed by atoms with Crippen LogP contribution in [-0.2, 0) is 4.74 Å². The van der Waals surface area contributed by atoms with E-state index in [1.807, 2.05) is 0 Å². The molecule has 9 nitrogen and oxygen atoms in total. The van der Waals surface area contributed by atoms with E-state index in [0.717, 1.165) is 0 Å². The molecule has 30 heavy (non-hydrogen) atoms. The van der Waals surface area contributed by atoms with Crippen molar-refractivity contribution >= 4 is 11.0 Å². The van der Waals surface area contributed by atoms with Gasteiger partial charge in [0.2, 0.25) is 6.29 Å². The zero-order valence-corrected chi connectivity index (χ0v) is 15.7. The Morgan fingerprint density at radius 1 is 1.00 bits per heavy atom. The number of benzene rings is 2. The summed E-state index contributed by atoms with van der Waals surface area (Å²) >= 11 is 0. The summed E-state index contributed by atoms with van der Waals surface area (Å²) in [7, 11) is 0. The topological polar surface area (TPSA) is 150 Å². The van der Waals surface area contributed by atoms with Gasteiger partial charge in [-0.15, -0.1) is 0 Å². The number of fused-ring (bicyclic) bond motifs is 1. The van der Waals surface area contributed by atoms with Gasteiger partial charge >= 0.3 is 0 Å². The fraction of sp³-hybridized carbons (Fsp3) is 0.286. The molecule has 0 saturated carbocycles. The molecule has 1 fully saturated rings. The van der Waals surface area contributed by atoms with Gasteiger partial charge in [0.25, 0.3) is 0 Å². The highest BCUT2D eigenvalue weighted by Gasteiger charge is 2.29. The van der Waals surface area contributed by atoms with Gasteiger partial charge in [0, 0.05) is 36.6 Å². The van der Waals surface area contributed by atoms with Crippen LogP contribution in [0.15, 0.2) is 45.6 Å². The molecule has 0 radical (unpaired) electrons. The standard InChI is InChI=1S/C21H20O9/c22-9-13-4-11(23)5-20(29-13)28-12-6-16(26)21-17(27)8-18(30-19(21)7-12)10-1-2-14(24)15(25)3-10/h1-3,6-8,11,13,20,22-26H,4-5,9H2/t11-,13-,20+/m0/s1. The molecule has 0 unspecified atom stereocenters.